The molecule has 2 amide bonds. The molecule has 0 aromatic rings. The third kappa shape index (κ3) is 5.91. The zero-order chi connectivity index (χ0) is 12.7. The fourth-order valence-electron chi connectivity index (χ4n) is 1.09. The normalized spacial score (nSPS) is 13.7. The van der Waals surface area contributed by atoms with Crippen molar-refractivity contribution in [3.05, 3.63) is 0 Å². The molecule has 0 rings (SSSR count). The maximum atomic E-state index is 11.4. The van der Waals surface area contributed by atoms with Gasteiger partial charge in [-0.05, 0) is 12.8 Å². The van der Waals surface area contributed by atoms with Gasteiger partial charge in [0.15, 0.2) is 0 Å². The summed E-state index contributed by atoms with van der Waals surface area (Å²) in [6, 6.07) is -1.22. The van der Waals surface area contributed by atoms with E-state index in [1.54, 1.807) is 6.92 Å². The molecule has 0 aromatic heterocycles. The average Bonchev–Trinajstić information content (AvgIpc) is 2.15. The smallest absolute Gasteiger partial charge is 0.315 e. The van der Waals surface area contributed by atoms with E-state index in [4.69, 9.17) is 11.5 Å². The van der Waals surface area contributed by atoms with E-state index in [1.165, 1.54) is 0 Å². The highest BCUT2D eigenvalue weighted by atomic mass is 16.4. The van der Waals surface area contributed by atoms with Crippen LogP contribution >= 0.6 is 0 Å². The molecule has 90 valence electrons. The van der Waals surface area contributed by atoms with Crippen LogP contribution in [0.5, 0.6) is 0 Å². The van der Waals surface area contributed by atoms with Gasteiger partial charge in [-0.2, -0.15) is 0 Å². The molecular weight excluding hydrogens is 208 g/mol. The molecule has 0 saturated carbocycles. The lowest BCUT2D eigenvalue weighted by Crippen LogP contribution is -2.47. The number of carboxylic acids is 1. The van der Waals surface area contributed by atoms with Crippen LogP contribution in [0.2, 0.25) is 0 Å². The second kappa shape index (κ2) is 6.72. The Morgan fingerprint density at radius 3 is 2.25 bits per heavy atom. The van der Waals surface area contributed by atoms with Crippen LogP contribution in [0.4, 0.5) is 4.79 Å². The van der Waals surface area contributed by atoms with E-state index in [2.05, 4.69) is 16.6 Å². The Morgan fingerprint density at radius 2 is 1.88 bits per heavy atom. The summed E-state index contributed by atoms with van der Waals surface area (Å²) in [5.74, 6) is 1.45. The molecule has 0 fully saturated rings. The summed E-state index contributed by atoms with van der Waals surface area (Å²) in [4.78, 5) is 22.0. The van der Waals surface area contributed by atoms with Crippen molar-refractivity contribution in [2.24, 2.45) is 5.92 Å². The lowest BCUT2D eigenvalue weighted by molar-refractivity contribution is -0.137. The third-order valence-electron chi connectivity index (χ3n) is 2.11. The molecule has 0 bridgehead atoms. The molecule has 0 aliphatic carbocycles. The Bertz CT molecular complexity index is 294. The largest absolute Gasteiger partial charge is 0.481 e. The number of nitrogens with one attached hydrogen (secondary N) is 2. The molecule has 5 heteroatoms. The summed E-state index contributed by atoms with van der Waals surface area (Å²) < 4.78 is 0. The van der Waals surface area contributed by atoms with Crippen molar-refractivity contribution in [1.29, 1.82) is 0 Å². The molecule has 0 aromatic carbocycles. The van der Waals surface area contributed by atoms with Crippen molar-refractivity contribution in [3.63, 3.8) is 0 Å². The van der Waals surface area contributed by atoms with Gasteiger partial charge in [0.25, 0.3) is 0 Å². The van der Waals surface area contributed by atoms with Crippen molar-refractivity contribution >= 4 is 12.0 Å². The standard InChI is InChI=1S/C11H18N2O3/c1-5-8(4)12-11(16)13-9(7(2)3)6-10(14)15/h1,7-9H,6H2,2-4H3,(H,14,15)(H2,12,13,16). The minimum atomic E-state index is -0.941. The Labute approximate surface area is 95.6 Å². The highest BCUT2D eigenvalue weighted by Crippen LogP contribution is 2.05. The summed E-state index contributed by atoms with van der Waals surface area (Å²) in [6.45, 7) is 5.36. The monoisotopic (exact) mass is 226 g/mol. The first-order valence-electron chi connectivity index (χ1n) is 5.11. The number of amides is 2. The topological polar surface area (TPSA) is 78.4 Å². The number of urea groups is 1. The van der Waals surface area contributed by atoms with Crippen LogP contribution in [0.3, 0.4) is 0 Å². The van der Waals surface area contributed by atoms with Crippen LogP contribution in [0.15, 0.2) is 0 Å². The zero-order valence-electron chi connectivity index (χ0n) is 9.78. The number of terminal acetylenes is 1. The van der Waals surface area contributed by atoms with Gasteiger partial charge in [-0.3, -0.25) is 4.79 Å². The summed E-state index contributed by atoms with van der Waals surface area (Å²) in [5, 5.41) is 13.8. The molecule has 0 spiro atoms. The lowest BCUT2D eigenvalue weighted by atomic mass is 10.0. The minimum Gasteiger partial charge on any atom is -0.481 e. The van der Waals surface area contributed by atoms with E-state index in [0.717, 1.165) is 0 Å². The Hall–Kier alpha value is -1.70. The van der Waals surface area contributed by atoms with Crippen LogP contribution in [0.1, 0.15) is 27.2 Å². The van der Waals surface area contributed by atoms with Gasteiger partial charge in [-0.1, -0.05) is 19.8 Å². The van der Waals surface area contributed by atoms with Gasteiger partial charge in [0.1, 0.15) is 0 Å². The first kappa shape index (κ1) is 14.3. The van der Waals surface area contributed by atoms with E-state index < -0.39 is 18.0 Å². The maximum Gasteiger partial charge on any atom is 0.315 e. The SMILES string of the molecule is C#CC(C)NC(=O)NC(CC(=O)O)C(C)C. The lowest BCUT2D eigenvalue weighted by Gasteiger charge is -2.21. The molecule has 3 N–H and O–H groups in total. The highest BCUT2D eigenvalue weighted by molar-refractivity contribution is 5.76. The molecule has 5 nitrogen and oxygen atoms in total. The van der Waals surface area contributed by atoms with Crippen LogP contribution in [0.25, 0.3) is 0 Å². The second-order valence-corrected chi connectivity index (χ2v) is 3.95. The van der Waals surface area contributed by atoms with E-state index >= 15 is 0 Å². The fourth-order valence-corrected chi connectivity index (χ4v) is 1.09. The van der Waals surface area contributed by atoms with Crippen molar-refractivity contribution < 1.29 is 14.7 Å². The summed E-state index contributed by atoms with van der Waals surface area (Å²) >= 11 is 0. The van der Waals surface area contributed by atoms with Crippen LogP contribution in [0, 0.1) is 18.3 Å². The molecule has 0 radical (unpaired) electrons. The van der Waals surface area contributed by atoms with E-state index in [1.807, 2.05) is 13.8 Å². The molecule has 0 saturated heterocycles. The van der Waals surface area contributed by atoms with Crippen molar-refractivity contribution in [1.82, 2.24) is 10.6 Å². The minimum absolute atomic E-state index is 0.0444. The summed E-state index contributed by atoms with van der Waals surface area (Å²) in [6.07, 6.45) is 5.00. The Morgan fingerprint density at radius 1 is 1.31 bits per heavy atom. The first-order valence-corrected chi connectivity index (χ1v) is 5.11. The molecule has 0 aliphatic rings. The van der Waals surface area contributed by atoms with Gasteiger partial charge in [0.2, 0.25) is 0 Å². The molecular formula is C11H18N2O3. The summed E-state index contributed by atoms with van der Waals surface area (Å²) in [7, 11) is 0. The van der Waals surface area contributed by atoms with Gasteiger partial charge in [-0.25, -0.2) is 4.79 Å². The molecule has 16 heavy (non-hydrogen) atoms. The molecule has 2 unspecified atom stereocenters. The second-order valence-electron chi connectivity index (χ2n) is 3.95. The zero-order valence-corrected chi connectivity index (χ0v) is 9.78. The van der Waals surface area contributed by atoms with Gasteiger partial charge in [-0.15, -0.1) is 6.42 Å². The van der Waals surface area contributed by atoms with Gasteiger partial charge in [0.05, 0.1) is 12.5 Å². The van der Waals surface area contributed by atoms with Crippen LogP contribution in [-0.4, -0.2) is 29.2 Å². The predicted molar refractivity (Wildman–Crippen MR) is 60.8 cm³/mol. The van der Waals surface area contributed by atoms with Crippen LogP contribution < -0.4 is 10.6 Å². The number of carboxylic acid groups (broad SMARTS) is 1. The quantitative estimate of drug-likeness (QED) is 0.607. The molecule has 2 atom stereocenters. The summed E-state index contributed by atoms with van der Waals surface area (Å²) in [5.41, 5.74) is 0. The highest BCUT2D eigenvalue weighted by Gasteiger charge is 2.19. The average molecular weight is 226 g/mol. The van der Waals surface area contributed by atoms with Gasteiger partial charge in [0, 0.05) is 6.04 Å². The molecule has 0 aliphatic heterocycles. The fraction of sp³-hybridized carbons (Fsp3) is 0.636. The number of hydrogen-bond donors (Lipinski definition) is 3. The number of carbonyl (C=O) groups is 2. The van der Waals surface area contributed by atoms with E-state index in [-0.39, 0.29) is 18.4 Å². The van der Waals surface area contributed by atoms with E-state index in [9.17, 15) is 9.59 Å². The van der Waals surface area contributed by atoms with Crippen molar-refractivity contribution in [2.75, 3.05) is 0 Å². The predicted octanol–water partition coefficient (Wildman–Crippen LogP) is 0.807. The number of rotatable bonds is 5. The third-order valence-corrected chi connectivity index (χ3v) is 2.11. The first-order chi connectivity index (χ1) is 7.36. The van der Waals surface area contributed by atoms with E-state index in [0.29, 0.717) is 0 Å². The molecule has 0 heterocycles. The van der Waals surface area contributed by atoms with Gasteiger partial charge >= 0.3 is 12.0 Å². The number of carbonyl (C=O) groups excluding carboxylic acids is 1. The Kier molecular flexibility index (Phi) is 6.01. The number of hydrogen-bond acceptors (Lipinski definition) is 2. The number of aliphatic carboxylic acids is 1. The van der Waals surface area contributed by atoms with Crippen LogP contribution in [-0.2, 0) is 4.79 Å². The van der Waals surface area contributed by atoms with Crippen molar-refractivity contribution in [2.45, 2.75) is 39.3 Å². The van der Waals surface area contributed by atoms with Crippen molar-refractivity contribution in [3.8, 4) is 12.3 Å². The maximum absolute atomic E-state index is 11.4. The van der Waals surface area contributed by atoms with Gasteiger partial charge < -0.3 is 15.7 Å². The Balaban J connectivity index is 4.25.